The molecule has 182 valence electrons. The maximum Gasteiger partial charge on any atom is 0.222 e. The predicted molar refractivity (Wildman–Crippen MR) is 143 cm³/mol. The number of aromatic nitrogens is 3. The Labute approximate surface area is 214 Å². The van der Waals surface area contributed by atoms with E-state index in [9.17, 15) is 4.79 Å². The number of carbonyl (C=O) groups excluding carboxylic acids is 1. The first-order valence-corrected chi connectivity index (χ1v) is 11.9. The van der Waals surface area contributed by atoms with E-state index in [1.165, 1.54) is 5.56 Å². The van der Waals surface area contributed by atoms with Gasteiger partial charge in [0, 0.05) is 45.6 Å². The van der Waals surface area contributed by atoms with E-state index < -0.39 is 0 Å². The third kappa shape index (κ3) is 8.94. The second-order valence-corrected chi connectivity index (χ2v) is 8.27. The molecule has 1 fully saturated rings. The molecule has 0 radical (unpaired) electrons. The van der Waals surface area contributed by atoms with Crippen LogP contribution in [0.25, 0.3) is 0 Å². The molecule has 0 aliphatic carbocycles. The number of halogens is 1. The van der Waals surface area contributed by atoms with Gasteiger partial charge in [-0.3, -0.25) is 9.79 Å². The summed E-state index contributed by atoms with van der Waals surface area (Å²) in [7, 11) is 0. The largest absolute Gasteiger partial charge is 0.355 e. The number of hydrogen-bond donors (Lipinski definition) is 2. The summed E-state index contributed by atoms with van der Waals surface area (Å²) in [6.45, 7) is 8.06. The molecule has 33 heavy (non-hydrogen) atoms. The molecule has 0 bridgehead atoms. The zero-order chi connectivity index (χ0) is 22.6. The van der Waals surface area contributed by atoms with Gasteiger partial charge in [-0.2, -0.15) is 0 Å². The van der Waals surface area contributed by atoms with Gasteiger partial charge in [0.25, 0.3) is 0 Å². The quantitative estimate of drug-likeness (QED) is 0.199. The topological polar surface area (TPSA) is 87.4 Å². The second kappa shape index (κ2) is 14.9. The van der Waals surface area contributed by atoms with Crippen molar-refractivity contribution in [2.45, 2.75) is 65.0 Å². The van der Waals surface area contributed by atoms with Gasteiger partial charge in [-0.1, -0.05) is 43.7 Å². The monoisotopic (exact) mass is 567 g/mol. The van der Waals surface area contributed by atoms with Crippen LogP contribution in [0.3, 0.4) is 0 Å². The van der Waals surface area contributed by atoms with Gasteiger partial charge in [0.05, 0.1) is 6.04 Å². The van der Waals surface area contributed by atoms with Gasteiger partial charge in [-0.05, 0) is 31.7 Å². The number of aliphatic imine (C=N–C) groups is 1. The summed E-state index contributed by atoms with van der Waals surface area (Å²) in [5, 5.41) is 15.1. The molecule has 0 saturated carbocycles. The van der Waals surface area contributed by atoms with Crippen molar-refractivity contribution in [3.05, 3.63) is 48.0 Å². The number of amides is 1. The molecule has 1 saturated heterocycles. The van der Waals surface area contributed by atoms with Crippen molar-refractivity contribution in [1.82, 2.24) is 30.3 Å². The maximum atomic E-state index is 12.2. The van der Waals surface area contributed by atoms with Crippen molar-refractivity contribution in [2.75, 3.05) is 26.2 Å². The van der Waals surface area contributed by atoms with Gasteiger partial charge in [-0.25, -0.2) is 0 Å². The van der Waals surface area contributed by atoms with Crippen molar-refractivity contribution in [3.63, 3.8) is 0 Å². The first-order chi connectivity index (χ1) is 15.7. The first kappa shape index (κ1) is 27.1. The van der Waals surface area contributed by atoms with E-state index in [4.69, 9.17) is 4.99 Å². The third-order valence-electron chi connectivity index (χ3n) is 5.84. The third-order valence-corrected chi connectivity index (χ3v) is 5.84. The lowest BCUT2D eigenvalue weighted by atomic mass is 10.1. The highest BCUT2D eigenvalue weighted by atomic mass is 127. The summed E-state index contributed by atoms with van der Waals surface area (Å²) < 4.78 is 2.07. The Morgan fingerprint density at radius 3 is 2.79 bits per heavy atom. The van der Waals surface area contributed by atoms with Gasteiger partial charge in [-0.15, -0.1) is 34.2 Å². The second-order valence-electron chi connectivity index (χ2n) is 8.27. The maximum absolute atomic E-state index is 12.2. The molecule has 2 aromatic rings. The Balaban J connectivity index is 0.00000385. The molecule has 1 atom stereocenters. The number of guanidine groups is 1. The molecule has 3 rings (SSSR count). The fourth-order valence-corrected chi connectivity index (χ4v) is 3.94. The average molecular weight is 568 g/mol. The fourth-order valence-electron chi connectivity index (χ4n) is 3.94. The average Bonchev–Trinajstić information content (AvgIpc) is 3.17. The first-order valence-electron chi connectivity index (χ1n) is 11.9. The zero-order valence-electron chi connectivity index (χ0n) is 19.9. The van der Waals surface area contributed by atoms with Crippen molar-refractivity contribution in [2.24, 2.45) is 4.99 Å². The van der Waals surface area contributed by atoms with Crippen LogP contribution >= 0.6 is 24.0 Å². The molecule has 9 heteroatoms. The Morgan fingerprint density at radius 2 is 2.00 bits per heavy atom. The molecule has 1 amide bonds. The van der Waals surface area contributed by atoms with Crippen LogP contribution < -0.4 is 10.6 Å². The zero-order valence-corrected chi connectivity index (χ0v) is 22.2. The summed E-state index contributed by atoms with van der Waals surface area (Å²) in [6, 6.07) is 10.5. The number of likely N-dealkylation sites (tertiary alicyclic amines) is 1. The number of aryl methyl sites for hydroxylation is 1. The van der Waals surface area contributed by atoms with Crippen LogP contribution in [0.15, 0.2) is 41.7 Å². The van der Waals surface area contributed by atoms with E-state index >= 15 is 0 Å². The number of hydrogen-bond acceptors (Lipinski definition) is 4. The molecule has 1 aliphatic rings. The molecule has 1 aromatic carbocycles. The van der Waals surface area contributed by atoms with Crippen LogP contribution in [0.1, 0.15) is 63.4 Å². The van der Waals surface area contributed by atoms with Crippen LogP contribution in [0.2, 0.25) is 0 Å². The Bertz CT molecular complexity index is 856. The van der Waals surface area contributed by atoms with Crippen molar-refractivity contribution in [3.8, 4) is 0 Å². The van der Waals surface area contributed by atoms with E-state index in [0.29, 0.717) is 18.9 Å². The van der Waals surface area contributed by atoms with E-state index in [-0.39, 0.29) is 30.0 Å². The predicted octanol–water partition coefficient (Wildman–Crippen LogP) is 3.55. The van der Waals surface area contributed by atoms with Crippen molar-refractivity contribution >= 4 is 35.8 Å². The van der Waals surface area contributed by atoms with Gasteiger partial charge in [0.15, 0.2) is 5.96 Å². The normalized spacial score (nSPS) is 15.5. The summed E-state index contributed by atoms with van der Waals surface area (Å²) in [4.78, 5) is 19.0. The number of benzene rings is 1. The summed E-state index contributed by atoms with van der Waals surface area (Å²) in [6.07, 6.45) is 7.48. The molecular weight excluding hydrogens is 529 g/mol. The Hall–Kier alpha value is -2.17. The molecule has 2 N–H and O–H groups in total. The highest BCUT2D eigenvalue weighted by Gasteiger charge is 2.15. The molecule has 8 nitrogen and oxygen atoms in total. The summed E-state index contributed by atoms with van der Waals surface area (Å²) in [5.41, 5.74) is 1.21. The lowest BCUT2D eigenvalue weighted by molar-refractivity contribution is -0.130. The number of nitrogens with one attached hydrogen (secondary N) is 2. The minimum absolute atomic E-state index is 0. The van der Waals surface area contributed by atoms with Crippen LogP contribution in [0.5, 0.6) is 0 Å². The summed E-state index contributed by atoms with van der Waals surface area (Å²) >= 11 is 0. The van der Waals surface area contributed by atoms with E-state index in [2.05, 4.69) is 51.4 Å². The van der Waals surface area contributed by atoms with E-state index in [0.717, 1.165) is 70.1 Å². The van der Waals surface area contributed by atoms with E-state index in [1.54, 1.807) is 6.33 Å². The minimum atomic E-state index is 0. The summed E-state index contributed by atoms with van der Waals surface area (Å²) in [5.74, 6) is 2.06. The van der Waals surface area contributed by atoms with Gasteiger partial charge < -0.3 is 20.1 Å². The van der Waals surface area contributed by atoms with Crippen LogP contribution in [-0.4, -0.2) is 57.7 Å². The molecular formula is C24H38IN7O. The lowest BCUT2D eigenvalue weighted by Crippen LogP contribution is -2.40. The number of carbonyl (C=O) groups is 1. The number of rotatable bonds is 10. The van der Waals surface area contributed by atoms with Crippen LogP contribution in [0.4, 0.5) is 0 Å². The molecule has 1 aromatic heterocycles. The number of nitrogens with zero attached hydrogens (tertiary/aromatic N) is 5. The van der Waals surface area contributed by atoms with E-state index in [1.807, 2.05) is 23.1 Å². The SMILES string of the molecule is CCc1nncn1CCNC(=NCCCN1CCCCCC1=O)NC(C)c1ccccc1.I. The Kier molecular flexibility index (Phi) is 12.2. The molecule has 0 spiro atoms. The van der Waals surface area contributed by atoms with Crippen LogP contribution in [-0.2, 0) is 17.8 Å². The Morgan fingerprint density at radius 1 is 1.18 bits per heavy atom. The lowest BCUT2D eigenvalue weighted by Gasteiger charge is -2.21. The fraction of sp³-hybridized carbons (Fsp3) is 0.583. The van der Waals surface area contributed by atoms with Crippen LogP contribution in [0, 0.1) is 0 Å². The molecule has 1 unspecified atom stereocenters. The highest BCUT2D eigenvalue weighted by molar-refractivity contribution is 14.0. The minimum Gasteiger partial charge on any atom is -0.355 e. The highest BCUT2D eigenvalue weighted by Crippen LogP contribution is 2.12. The molecule has 2 heterocycles. The van der Waals surface area contributed by atoms with Crippen molar-refractivity contribution < 1.29 is 4.79 Å². The smallest absolute Gasteiger partial charge is 0.222 e. The van der Waals surface area contributed by atoms with Gasteiger partial charge in [0.2, 0.25) is 5.91 Å². The van der Waals surface area contributed by atoms with Crippen molar-refractivity contribution in [1.29, 1.82) is 0 Å². The van der Waals surface area contributed by atoms with Gasteiger partial charge in [0.1, 0.15) is 12.2 Å². The standard InChI is InChI=1S/C24H37N7O.HI/c1-3-22-29-27-19-31(22)18-15-26-24(28-20(2)21-11-6-4-7-12-21)25-14-10-17-30-16-9-5-8-13-23(30)32;/h4,6-7,11-12,19-20H,3,5,8-10,13-18H2,1-2H3,(H2,25,26,28);1H. The van der Waals surface area contributed by atoms with Gasteiger partial charge >= 0.3 is 0 Å². The molecule has 1 aliphatic heterocycles.